The van der Waals surface area contributed by atoms with Crippen LogP contribution in [0.5, 0.6) is 0 Å². The van der Waals surface area contributed by atoms with Crippen molar-refractivity contribution in [2.24, 2.45) is 0 Å². The van der Waals surface area contributed by atoms with Crippen LogP contribution in [0.25, 0.3) is 0 Å². The number of esters is 2. The van der Waals surface area contributed by atoms with Crippen molar-refractivity contribution in [3.8, 4) is 0 Å². The van der Waals surface area contributed by atoms with Gasteiger partial charge in [0.2, 0.25) is 0 Å². The first-order valence-electron chi connectivity index (χ1n) is 7.35. The Balaban J connectivity index is 0.00000338. The van der Waals surface area contributed by atoms with E-state index in [0.29, 0.717) is 11.1 Å². The van der Waals surface area contributed by atoms with Crippen LogP contribution in [0.4, 0.5) is 0 Å². The van der Waals surface area contributed by atoms with Gasteiger partial charge in [-0.3, -0.25) is 4.79 Å². The third kappa shape index (κ3) is 5.21. The molecule has 0 spiro atoms. The summed E-state index contributed by atoms with van der Waals surface area (Å²) < 4.78 is 9.20. The predicted octanol–water partition coefficient (Wildman–Crippen LogP) is -0.0841. The van der Waals surface area contributed by atoms with Crippen LogP contribution in [-0.2, 0) is 23.9 Å². The molecule has 138 valence electrons. The second kappa shape index (κ2) is 10.0. The molecule has 2 aromatic rings. The first-order chi connectivity index (χ1) is 12.0. The van der Waals surface area contributed by atoms with Gasteiger partial charge in [-0.2, -0.15) is 0 Å². The average Bonchev–Trinajstić information content (AvgIpc) is 2.66. The molecule has 0 amide bonds. The van der Waals surface area contributed by atoms with E-state index in [9.17, 15) is 24.6 Å². The second-order valence-electron chi connectivity index (χ2n) is 5.06. The maximum absolute atomic E-state index is 12.1. The van der Waals surface area contributed by atoms with Crippen LogP contribution in [0.3, 0.4) is 0 Å². The molecule has 26 heavy (non-hydrogen) atoms. The Morgan fingerprint density at radius 2 is 1.23 bits per heavy atom. The van der Waals surface area contributed by atoms with Crippen LogP contribution >= 0.6 is 0 Å². The van der Waals surface area contributed by atoms with E-state index in [2.05, 4.69) is 4.74 Å². The molecule has 0 aliphatic heterocycles. The fourth-order valence-electron chi connectivity index (χ4n) is 2.14. The summed E-state index contributed by atoms with van der Waals surface area (Å²) in [5.41, 5.74) is 1.28. The highest BCUT2D eigenvalue weighted by Crippen LogP contribution is 2.26. The molecule has 0 saturated heterocycles. The normalized spacial score (nSPS) is 12.4. The van der Waals surface area contributed by atoms with E-state index in [1.54, 1.807) is 60.7 Å². The highest BCUT2D eigenvalue weighted by molar-refractivity contribution is 5.87. The monoisotopic (exact) mass is 362 g/mol. The van der Waals surface area contributed by atoms with E-state index < -0.39 is 30.3 Å². The van der Waals surface area contributed by atoms with Crippen molar-refractivity contribution in [3.05, 3.63) is 71.8 Å². The Morgan fingerprint density at radius 1 is 0.808 bits per heavy atom. The number of hydrogen-bond donors (Lipinski definition) is 2. The van der Waals surface area contributed by atoms with Crippen molar-refractivity contribution < 1.29 is 39.5 Å². The summed E-state index contributed by atoms with van der Waals surface area (Å²) in [6, 6.07) is 17.5. The summed E-state index contributed by atoms with van der Waals surface area (Å²) in [7, 11) is 0. The van der Waals surface area contributed by atoms with E-state index >= 15 is 0 Å². The molecule has 0 aliphatic rings. The average molecular weight is 362 g/mol. The third-order valence-electron chi connectivity index (χ3n) is 3.38. The van der Waals surface area contributed by atoms with Crippen LogP contribution in [0, 0.1) is 0 Å². The minimum atomic E-state index is -2.23. The first-order valence-corrected chi connectivity index (χ1v) is 7.35. The molecule has 0 aliphatic carbocycles. The van der Waals surface area contributed by atoms with Crippen LogP contribution in [0.2, 0.25) is 0 Å². The van der Waals surface area contributed by atoms with E-state index in [0.717, 1.165) is 0 Å². The second-order valence-corrected chi connectivity index (χ2v) is 5.06. The minimum absolute atomic E-state index is 0. The van der Waals surface area contributed by atoms with E-state index in [4.69, 9.17) is 4.74 Å². The lowest BCUT2D eigenvalue weighted by molar-refractivity contribution is -0.176. The van der Waals surface area contributed by atoms with Crippen molar-refractivity contribution in [1.29, 1.82) is 0 Å². The Hall–Kier alpha value is -3.07. The maximum Gasteiger partial charge on any atom is 0.345 e. The van der Waals surface area contributed by atoms with Gasteiger partial charge in [-0.05, 0) is 11.1 Å². The maximum atomic E-state index is 12.1. The lowest BCUT2D eigenvalue weighted by atomic mass is 10.0. The molecule has 0 heterocycles. The molecule has 2 aromatic carbocycles. The summed E-state index contributed by atoms with van der Waals surface area (Å²) in [6.45, 7) is -0.208. The molecule has 0 fully saturated rings. The lowest BCUT2D eigenvalue weighted by Gasteiger charge is -2.21. The molecule has 0 aromatic heterocycles. The molecule has 2 rings (SSSR count). The largest absolute Gasteiger partial charge is 0.451 e. The van der Waals surface area contributed by atoms with E-state index in [-0.39, 0.29) is 11.9 Å². The smallest absolute Gasteiger partial charge is 0.345 e. The minimum Gasteiger partial charge on any atom is -0.451 e. The van der Waals surface area contributed by atoms with Crippen LogP contribution < -0.4 is 0 Å². The van der Waals surface area contributed by atoms with Crippen LogP contribution in [0.1, 0.15) is 17.2 Å². The van der Waals surface area contributed by atoms with Gasteiger partial charge in [0.15, 0.2) is 18.3 Å². The third-order valence-corrected chi connectivity index (χ3v) is 3.38. The molecule has 0 radical (unpaired) electrons. The van der Waals surface area contributed by atoms with E-state index in [1.165, 1.54) is 0 Å². The zero-order valence-corrected chi connectivity index (χ0v) is 13.5. The number of benzene rings is 2. The Kier molecular flexibility index (Phi) is 8.10. The molecule has 8 heteroatoms. The van der Waals surface area contributed by atoms with Crippen molar-refractivity contribution in [3.63, 3.8) is 0 Å². The van der Waals surface area contributed by atoms with Gasteiger partial charge in [0.25, 0.3) is 0 Å². The van der Waals surface area contributed by atoms with Gasteiger partial charge in [-0.25, -0.2) is 9.59 Å². The van der Waals surface area contributed by atoms with Crippen LogP contribution in [0.15, 0.2) is 60.7 Å². The number of aliphatic hydroxyl groups is 2. The number of carbonyl (C=O) groups is 3. The fraction of sp³-hybridized carbons (Fsp3) is 0.167. The van der Waals surface area contributed by atoms with Crippen LogP contribution in [-0.4, -0.2) is 46.3 Å². The van der Waals surface area contributed by atoms with Crippen molar-refractivity contribution in [2.75, 3.05) is 0 Å². The van der Waals surface area contributed by atoms with Gasteiger partial charge in [0, 0.05) is 0 Å². The van der Waals surface area contributed by atoms with Gasteiger partial charge in [0.1, 0.15) is 0 Å². The summed E-state index contributed by atoms with van der Waals surface area (Å²) >= 11 is 0. The molecule has 0 saturated carbocycles. The highest BCUT2D eigenvalue weighted by atomic mass is 16.6. The Bertz CT molecular complexity index is 677. The number of carbonyl (C=O) groups excluding carboxylic acids is 3. The van der Waals surface area contributed by atoms with Crippen molar-refractivity contribution in [2.45, 2.75) is 18.3 Å². The molecular weight excluding hydrogens is 344 g/mol. The number of hydrogen-bond acceptors (Lipinski definition) is 7. The molecule has 4 N–H and O–H groups in total. The summed E-state index contributed by atoms with van der Waals surface area (Å²) in [6.07, 6.45) is -5.27. The molecule has 0 bridgehead atoms. The number of ether oxygens (including phenoxy) is 2. The number of rotatable bonds is 7. The quantitative estimate of drug-likeness (QED) is 0.398. The van der Waals surface area contributed by atoms with E-state index in [1.807, 2.05) is 0 Å². The zero-order chi connectivity index (χ0) is 18.2. The molecule has 2 atom stereocenters. The van der Waals surface area contributed by atoms with Gasteiger partial charge in [-0.1, -0.05) is 60.7 Å². The SMILES string of the molecule is O.O=COC(=O)C(O)C(O)C(=O)OC(c1ccccc1)c1ccccc1. The van der Waals surface area contributed by atoms with Gasteiger partial charge in [0.05, 0.1) is 0 Å². The summed E-state index contributed by atoms with van der Waals surface area (Å²) in [5.74, 6) is -2.68. The van der Waals surface area contributed by atoms with Gasteiger partial charge < -0.3 is 25.2 Å². The fourth-order valence-corrected chi connectivity index (χ4v) is 2.14. The summed E-state index contributed by atoms with van der Waals surface area (Å²) in [5, 5.41) is 19.3. The first kappa shape index (κ1) is 21.0. The van der Waals surface area contributed by atoms with Crippen molar-refractivity contribution in [1.82, 2.24) is 0 Å². The van der Waals surface area contributed by atoms with Crippen molar-refractivity contribution >= 4 is 18.4 Å². The van der Waals surface area contributed by atoms with Gasteiger partial charge in [-0.15, -0.1) is 0 Å². The topological polar surface area (TPSA) is 142 Å². The molecule has 8 nitrogen and oxygen atoms in total. The van der Waals surface area contributed by atoms with Gasteiger partial charge >= 0.3 is 18.4 Å². The lowest BCUT2D eigenvalue weighted by Crippen LogP contribution is -2.42. The summed E-state index contributed by atoms with van der Waals surface area (Å²) in [4.78, 5) is 33.5. The number of aliphatic hydroxyl groups excluding tert-OH is 2. The Morgan fingerprint density at radius 3 is 1.65 bits per heavy atom. The predicted molar refractivity (Wildman–Crippen MR) is 88.6 cm³/mol. The standard InChI is InChI=1S/C18H16O7.H2O/c19-11-24-17(22)14(20)15(21)18(23)25-16(12-7-3-1-4-8-12)13-9-5-2-6-10-13;/h1-11,14-16,20-21H;1H2. The highest BCUT2D eigenvalue weighted by Gasteiger charge is 2.34. The zero-order valence-electron chi connectivity index (χ0n) is 13.5. The Labute approximate surface area is 148 Å². The molecular formula is C18H18O8. The molecule has 2 unspecified atom stereocenters.